The minimum atomic E-state index is -1.20. The van der Waals surface area contributed by atoms with Gasteiger partial charge in [-0.2, -0.15) is 0 Å². The van der Waals surface area contributed by atoms with Crippen molar-refractivity contribution in [3.05, 3.63) is 35.9 Å². The highest BCUT2D eigenvalue weighted by Gasteiger charge is 2.38. The quantitative estimate of drug-likeness (QED) is 0.289. The number of carboxylic acids is 2. The summed E-state index contributed by atoms with van der Waals surface area (Å²) in [5, 5.41) is 23.4. The van der Waals surface area contributed by atoms with Gasteiger partial charge in [-0.3, -0.25) is 19.2 Å². The lowest BCUT2D eigenvalue weighted by Gasteiger charge is -2.29. The lowest BCUT2D eigenvalue weighted by atomic mass is 10.0. The molecule has 0 radical (unpaired) electrons. The van der Waals surface area contributed by atoms with Crippen LogP contribution in [0, 0.1) is 0 Å². The zero-order chi connectivity index (χ0) is 23.7. The van der Waals surface area contributed by atoms with Crippen LogP contribution < -0.4 is 16.4 Å². The van der Waals surface area contributed by atoms with E-state index in [0.717, 1.165) is 5.56 Å². The number of carbonyl (C=O) groups excluding carboxylic acids is 3. The Hall–Kier alpha value is -3.47. The van der Waals surface area contributed by atoms with E-state index in [2.05, 4.69) is 10.6 Å². The highest BCUT2D eigenvalue weighted by atomic mass is 16.4. The SMILES string of the molecule is NCC(=O)NC(CCC(=O)O)C(=O)N1CCCC1C(=O)NC(Cc1ccccc1)C(=O)O. The highest BCUT2D eigenvalue weighted by molar-refractivity contribution is 5.94. The summed E-state index contributed by atoms with van der Waals surface area (Å²) in [6.45, 7) is -0.143. The molecule has 1 aromatic rings. The van der Waals surface area contributed by atoms with E-state index in [0.29, 0.717) is 12.8 Å². The first-order chi connectivity index (χ1) is 15.2. The van der Waals surface area contributed by atoms with E-state index in [1.807, 2.05) is 0 Å². The lowest BCUT2D eigenvalue weighted by Crippen LogP contribution is -2.56. The number of hydrogen-bond donors (Lipinski definition) is 5. The zero-order valence-electron chi connectivity index (χ0n) is 17.5. The molecule has 32 heavy (non-hydrogen) atoms. The number of carbonyl (C=O) groups is 5. The molecule has 0 spiro atoms. The molecule has 1 aromatic carbocycles. The van der Waals surface area contributed by atoms with Crippen LogP contribution in [0.2, 0.25) is 0 Å². The number of carboxylic acid groups (broad SMARTS) is 2. The fraction of sp³-hybridized carbons (Fsp3) is 0.476. The zero-order valence-corrected chi connectivity index (χ0v) is 17.5. The second-order valence-corrected chi connectivity index (χ2v) is 7.54. The smallest absolute Gasteiger partial charge is 0.326 e. The molecule has 1 aliphatic rings. The number of likely N-dealkylation sites (tertiary alicyclic amines) is 1. The summed E-state index contributed by atoms with van der Waals surface area (Å²) in [4.78, 5) is 61.4. The largest absolute Gasteiger partial charge is 0.481 e. The summed E-state index contributed by atoms with van der Waals surface area (Å²) >= 11 is 0. The minimum absolute atomic E-state index is 0.0797. The van der Waals surface area contributed by atoms with Crippen LogP contribution in [0.25, 0.3) is 0 Å². The predicted octanol–water partition coefficient (Wildman–Crippen LogP) is -0.902. The summed E-state index contributed by atoms with van der Waals surface area (Å²) < 4.78 is 0. The van der Waals surface area contributed by atoms with Crippen LogP contribution in [0.3, 0.4) is 0 Å². The number of benzene rings is 1. The fourth-order valence-electron chi connectivity index (χ4n) is 3.60. The maximum atomic E-state index is 13.0. The van der Waals surface area contributed by atoms with Gasteiger partial charge in [0.15, 0.2) is 0 Å². The topological polar surface area (TPSA) is 179 Å². The first kappa shape index (κ1) is 24.8. The van der Waals surface area contributed by atoms with Crippen molar-refractivity contribution >= 4 is 29.7 Å². The number of rotatable bonds is 11. The first-order valence-electron chi connectivity index (χ1n) is 10.3. The van der Waals surface area contributed by atoms with E-state index in [4.69, 9.17) is 10.8 Å². The molecule has 1 heterocycles. The van der Waals surface area contributed by atoms with Gasteiger partial charge in [-0.15, -0.1) is 0 Å². The van der Waals surface area contributed by atoms with E-state index in [1.165, 1.54) is 4.90 Å². The summed E-state index contributed by atoms with van der Waals surface area (Å²) in [6, 6.07) is 5.59. The van der Waals surface area contributed by atoms with Gasteiger partial charge in [-0.25, -0.2) is 4.79 Å². The Kier molecular flexibility index (Phi) is 9.14. The second-order valence-electron chi connectivity index (χ2n) is 7.54. The third kappa shape index (κ3) is 7.05. The summed E-state index contributed by atoms with van der Waals surface area (Å²) in [6.07, 6.45) is 0.402. The van der Waals surface area contributed by atoms with E-state index in [9.17, 15) is 29.1 Å². The number of amides is 3. The predicted molar refractivity (Wildman–Crippen MR) is 112 cm³/mol. The van der Waals surface area contributed by atoms with Gasteiger partial charge in [-0.1, -0.05) is 30.3 Å². The van der Waals surface area contributed by atoms with Gasteiger partial charge in [0.05, 0.1) is 6.54 Å². The molecule has 3 atom stereocenters. The Labute approximate surface area is 184 Å². The summed E-state index contributed by atoms with van der Waals surface area (Å²) in [5.41, 5.74) is 6.01. The Balaban J connectivity index is 2.10. The molecule has 0 saturated carbocycles. The van der Waals surface area contributed by atoms with Gasteiger partial charge in [0.2, 0.25) is 17.7 Å². The summed E-state index contributed by atoms with van der Waals surface area (Å²) in [5.74, 6) is -4.16. The number of hydrogen-bond acceptors (Lipinski definition) is 6. The molecule has 6 N–H and O–H groups in total. The van der Waals surface area contributed by atoms with Crippen LogP contribution in [0.15, 0.2) is 30.3 Å². The highest BCUT2D eigenvalue weighted by Crippen LogP contribution is 2.20. The van der Waals surface area contributed by atoms with Crippen LogP contribution in [0.1, 0.15) is 31.2 Å². The number of nitrogens with zero attached hydrogens (tertiary/aromatic N) is 1. The average molecular weight is 448 g/mol. The normalized spacial score (nSPS) is 17.3. The molecule has 2 rings (SSSR count). The van der Waals surface area contributed by atoms with E-state index < -0.39 is 47.8 Å². The molecule has 1 saturated heterocycles. The van der Waals surface area contributed by atoms with Gasteiger partial charge in [0.25, 0.3) is 0 Å². The molecule has 1 fully saturated rings. The van der Waals surface area contributed by atoms with E-state index in [1.54, 1.807) is 30.3 Å². The van der Waals surface area contributed by atoms with E-state index >= 15 is 0 Å². The molecule has 1 aliphatic heterocycles. The fourth-order valence-corrected chi connectivity index (χ4v) is 3.60. The Morgan fingerprint density at radius 3 is 2.34 bits per heavy atom. The van der Waals surface area contributed by atoms with Crippen molar-refractivity contribution in [3.63, 3.8) is 0 Å². The average Bonchev–Trinajstić information content (AvgIpc) is 3.26. The van der Waals surface area contributed by atoms with Crippen LogP contribution >= 0.6 is 0 Å². The molecule has 11 heteroatoms. The molecule has 3 amide bonds. The molecular formula is C21H28N4O7. The molecular weight excluding hydrogens is 420 g/mol. The van der Waals surface area contributed by atoms with Gasteiger partial charge in [-0.05, 0) is 24.8 Å². The van der Waals surface area contributed by atoms with Crippen molar-refractivity contribution in [1.82, 2.24) is 15.5 Å². The van der Waals surface area contributed by atoms with Crippen LogP contribution in [-0.4, -0.2) is 76.0 Å². The van der Waals surface area contributed by atoms with Crippen molar-refractivity contribution in [2.75, 3.05) is 13.1 Å². The summed E-state index contributed by atoms with van der Waals surface area (Å²) in [7, 11) is 0. The van der Waals surface area contributed by atoms with Crippen LogP contribution in [0.5, 0.6) is 0 Å². The molecule has 11 nitrogen and oxygen atoms in total. The Bertz CT molecular complexity index is 846. The van der Waals surface area contributed by atoms with Crippen molar-refractivity contribution in [2.45, 2.75) is 50.2 Å². The third-order valence-electron chi connectivity index (χ3n) is 5.20. The third-order valence-corrected chi connectivity index (χ3v) is 5.20. The van der Waals surface area contributed by atoms with Crippen molar-refractivity contribution in [2.24, 2.45) is 5.73 Å². The minimum Gasteiger partial charge on any atom is -0.481 e. The van der Waals surface area contributed by atoms with Gasteiger partial charge < -0.3 is 31.5 Å². The van der Waals surface area contributed by atoms with Crippen molar-refractivity contribution in [3.8, 4) is 0 Å². The monoisotopic (exact) mass is 448 g/mol. The Morgan fingerprint density at radius 2 is 1.75 bits per heavy atom. The van der Waals surface area contributed by atoms with Gasteiger partial charge >= 0.3 is 11.9 Å². The van der Waals surface area contributed by atoms with Gasteiger partial charge in [0.1, 0.15) is 18.1 Å². The number of nitrogens with one attached hydrogen (secondary N) is 2. The maximum Gasteiger partial charge on any atom is 0.326 e. The second kappa shape index (κ2) is 11.8. The van der Waals surface area contributed by atoms with Gasteiger partial charge in [0, 0.05) is 19.4 Å². The molecule has 3 unspecified atom stereocenters. The Morgan fingerprint density at radius 1 is 1.06 bits per heavy atom. The number of nitrogens with two attached hydrogens (primary N) is 1. The van der Waals surface area contributed by atoms with E-state index in [-0.39, 0.29) is 32.4 Å². The first-order valence-corrected chi connectivity index (χ1v) is 10.3. The molecule has 0 bridgehead atoms. The molecule has 0 aliphatic carbocycles. The standard InChI is InChI=1S/C21H28N4O7/c22-12-17(26)23-14(8-9-18(27)28)20(30)25-10-4-7-16(25)19(29)24-15(21(31)32)11-13-5-2-1-3-6-13/h1-3,5-6,14-16H,4,7-12,22H2,(H,23,26)(H,24,29)(H,27,28)(H,31,32). The lowest BCUT2D eigenvalue weighted by molar-refractivity contribution is -0.145. The van der Waals surface area contributed by atoms with Crippen molar-refractivity contribution < 1.29 is 34.2 Å². The van der Waals surface area contributed by atoms with Crippen LogP contribution in [-0.2, 0) is 30.4 Å². The molecule has 174 valence electrons. The maximum absolute atomic E-state index is 13.0. The number of aliphatic carboxylic acids is 2. The van der Waals surface area contributed by atoms with Crippen molar-refractivity contribution in [1.29, 1.82) is 0 Å². The molecule has 0 aromatic heterocycles. The van der Waals surface area contributed by atoms with Crippen LogP contribution in [0.4, 0.5) is 0 Å².